The van der Waals surface area contributed by atoms with Crippen LogP contribution in [0.4, 0.5) is 16.0 Å². The van der Waals surface area contributed by atoms with E-state index in [2.05, 4.69) is 30.4 Å². The van der Waals surface area contributed by atoms with Gasteiger partial charge in [0, 0.05) is 38.7 Å². The van der Waals surface area contributed by atoms with E-state index in [1.807, 2.05) is 13.1 Å². The van der Waals surface area contributed by atoms with Crippen molar-refractivity contribution in [3.63, 3.8) is 0 Å². The number of fused-ring (bicyclic) bond motifs is 1. The molecule has 2 atom stereocenters. The lowest BCUT2D eigenvalue weighted by Crippen LogP contribution is -2.65. The molecule has 4 heterocycles. The van der Waals surface area contributed by atoms with Gasteiger partial charge in [0.2, 0.25) is 0 Å². The van der Waals surface area contributed by atoms with E-state index in [0.29, 0.717) is 24.7 Å². The Morgan fingerprint density at radius 3 is 2.80 bits per heavy atom. The highest BCUT2D eigenvalue weighted by molar-refractivity contribution is 5.98. The molecule has 1 N–H and O–H groups in total. The topological polar surface area (TPSA) is 92.1 Å². The highest BCUT2D eigenvalue weighted by atomic mass is 19.1. The number of hydrogen-bond acceptors (Lipinski definition) is 7. The van der Waals surface area contributed by atoms with Crippen LogP contribution < -0.4 is 10.2 Å². The molecule has 0 saturated carbocycles. The Morgan fingerprint density at radius 2 is 2.00 bits per heavy atom. The quantitative estimate of drug-likeness (QED) is 0.701. The van der Waals surface area contributed by atoms with Crippen molar-refractivity contribution in [2.45, 2.75) is 12.5 Å². The van der Waals surface area contributed by atoms with Gasteiger partial charge in [-0.3, -0.25) is 4.79 Å². The third-order valence-electron chi connectivity index (χ3n) is 5.87. The molecule has 154 valence electrons. The number of rotatable bonds is 4. The summed E-state index contributed by atoms with van der Waals surface area (Å²) in [5, 5.41) is 11.2. The largest absolute Gasteiger partial charge is 0.373 e. The minimum Gasteiger partial charge on any atom is -0.373 e. The lowest BCUT2D eigenvalue weighted by Gasteiger charge is -2.54. The maximum absolute atomic E-state index is 14.0. The van der Waals surface area contributed by atoms with Crippen LogP contribution in [0.25, 0.3) is 5.69 Å². The van der Waals surface area contributed by atoms with E-state index in [1.54, 1.807) is 4.90 Å². The van der Waals surface area contributed by atoms with E-state index >= 15 is 0 Å². The fourth-order valence-electron chi connectivity index (χ4n) is 4.25. The lowest BCUT2D eigenvalue weighted by molar-refractivity contribution is 0.0590. The number of hydrogen-bond donors (Lipinski definition) is 1. The summed E-state index contributed by atoms with van der Waals surface area (Å²) >= 11 is 0. The first-order valence-electron chi connectivity index (χ1n) is 9.86. The van der Waals surface area contributed by atoms with E-state index in [4.69, 9.17) is 0 Å². The molecule has 30 heavy (non-hydrogen) atoms. The fraction of sp³-hybridized carbons (Fsp3) is 0.350. The molecular weight excluding hydrogens is 387 g/mol. The molecule has 2 aliphatic heterocycles. The van der Waals surface area contributed by atoms with Crippen molar-refractivity contribution in [3.8, 4) is 5.69 Å². The molecule has 2 saturated heterocycles. The summed E-state index contributed by atoms with van der Waals surface area (Å²) in [5.74, 6) is 1.43. The molecule has 0 radical (unpaired) electrons. The molecular formula is C20H21FN8O. The van der Waals surface area contributed by atoms with Gasteiger partial charge in [0.15, 0.2) is 0 Å². The van der Waals surface area contributed by atoms with Crippen LogP contribution in [0.15, 0.2) is 43.0 Å². The fourth-order valence-corrected chi connectivity index (χ4v) is 4.25. The van der Waals surface area contributed by atoms with Crippen molar-refractivity contribution in [2.24, 2.45) is 5.92 Å². The first-order chi connectivity index (χ1) is 14.6. The Morgan fingerprint density at radius 1 is 1.17 bits per heavy atom. The minimum atomic E-state index is -0.463. The van der Waals surface area contributed by atoms with Crippen LogP contribution >= 0.6 is 0 Å². The second-order valence-electron chi connectivity index (χ2n) is 7.51. The second kappa shape index (κ2) is 7.36. The van der Waals surface area contributed by atoms with Gasteiger partial charge in [-0.25, -0.2) is 14.4 Å². The molecule has 0 aliphatic carbocycles. The van der Waals surface area contributed by atoms with Gasteiger partial charge in [0.1, 0.15) is 23.8 Å². The van der Waals surface area contributed by atoms with Crippen molar-refractivity contribution >= 4 is 17.5 Å². The minimum absolute atomic E-state index is 0.183. The van der Waals surface area contributed by atoms with Crippen molar-refractivity contribution in [3.05, 3.63) is 54.4 Å². The normalized spacial score (nSPS) is 20.5. The number of likely N-dealkylation sites (tertiary alicyclic amines) is 1. The van der Waals surface area contributed by atoms with Crippen LogP contribution in [0.5, 0.6) is 0 Å². The lowest BCUT2D eigenvalue weighted by atomic mass is 9.82. The Balaban J connectivity index is 1.39. The molecule has 2 aliphatic rings. The van der Waals surface area contributed by atoms with E-state index in [9.17, 15) is 9.18 Å². The maximum Gasteiger partial charge on any atom is 0.256 e. The van der Waals surface area contributed by atoms with Gasteiger partial charge in [0.25, 0.3) is 5.91 Å². The van der Waals surface area contributed by atoms with Gasteiger partial charge < -0.3 is 15.1 Å². The number of carbonyl (C=O) groups is 1. The monoisotopic (exact) mass is 408 g/mol. The van der Waals surface area contributed by atoms with Crippen molar-refractivity contribution in [1.82, 2.24) is 29.9 Å². The van der Waals surface area contributed by atoms with E-state index in [0.717, 1.165) is 24.6 Å². The van der Waals surface area contributed by atoms with E-state index in [1.165, 1.54) is 41.7 Å². The molecule has 1 aromatic carbocycles. The van der Waals surface area contributed by atoms with Crippen LogP contribution in [0.3, 0.4) is 0 Å². The van der Waals surface area contributed by atoms with Gasteiger partial charge in [0.05, 0.1) is 29.7 Å². The highest BCUT2D eigenvalue weighted by Gasteiger charge is 2.44. The summed E-state index contributed by atoms with van der Waals surface area (Å²) in [5.41, 5.74) is 0.725. The average molecular weight is 408 g/mol. The SMILES string of the molecule is CNc1cc(N2C[C@@H]3CCN(C(=O)c4cc(F)ccc4-n4nccn4)C[C@@H]32)ncn1. The van der Waals surface area contributed by atoms with Crippen LogP contribution in [0.1, 0.15) is 16.8 Å². The molecule has 5 rings (SSSR count). The number of amides is 1. The number of halogens is 1. The molecule has 0 unspecified atom stereocenters. The zero-order valence-electron chi connectivity index (χ0n) is 16.4. The standard InChI is InChI=1S/C20H21FN8O/c1-22-18-9-19(24-12-23-18)28-10-13-4-7-27(11-17(13)28)20(30)15-8-14(21)2-3-16(15)29-25-5-6-26-29/h2-3,5-6,8-9,12-13,17H,4,7,10-11H2,1H3,(H,22,23,24)/t13-,17-/m0/s1. The zero-order valence-corrected chi connectivity index (χ0v) is 16.4. The summed E-state index contributed by atoms with van der Waals surface area (Å²) in [6.07, 6.45) is 5.49. The molecule has 9 nitrogen and oxygen atoms in total. The van der Waals surface area contributed by atoms with Crippen molar-refractivity contribution in [1.29, 1.82) is 0 Å². The molecule has 3 aromatic rings. The van der Waals surface area contributed by atoms with Crippen LogP contribution in [0.2, 0.25) is 0 Å². The van der Waals surface area contributed by atoms with Gasteiger partial charge >= 0.3 is 0 Å². The predicted octanol–water partition coefficient (Wildman–Crippen LogP) is 1.59. The summed E-state index contributed by atoms with van der Waals surface area (Å²) in [6.45, 7) is 2.11. The number of benzene rings is 1. The molecule has 1 amide bonds. The van der Waals surface area contributed by atoms with Crippen molar-refractivity contribution < 1.29 is 9.18 Å². The highest BCUT2D eigenvalue weighted by Crippen LogP contribution is 2.36. The number of carbonyl (C=O) groups excluding carboxylic acids is 1. The van der Waals surface area contributed by atoms with Crippen LogP contribution in [-0.4, -0.2) is 68.5 Å². The summed E-state index contributed by atoms with van der Waals surface area (Å²) < 4.78 is 14.0. The van der Waals surface area contributed by atoms with Crippen LogP contribution in [-0.2, 0) is 0 Å². The summed E-state index contributed by atoms with van der Waals surface area (Å²) in [6, 6.07) is 6.19. The first kappa shape index (κ1) is 18.5. The molecule has 0 bridgehead atoms. The Labute approximate surface area is 172 Å². The number of nitrogens with zero attached hydrogens (tertiary/aromatic N) is 7. The summed E-state index contributed by atoms with van der Waals surface area (Å²) in [4.78, 5) is 27.2. The zero-order chi connectivity index (χ0) is 20.7. The van der Waals surface area contributed by atoms with Crippen molar-refractivity contribution in [2.75, 3.05) is 36.9 Å². The van der Waals surface area contributed by atoms with Gasteiger partial charge in [-0.05, 0) is 24.6 Å². The van der Waals surface area contributed by atoms with E-state index in [-0.39, 0.29) is 17.5 Å². The Kier molecular flexibility index (Phi) is 4.53. The molecule has 10 heteroatoms. The third kappa shape index (κ3) is 3.14. The smallest absolute Gasteiger partial charge is 0.256 e. The van der Waals surface area contributed by atoms with E-state index < -0.39 is 5.82 Å². The Bertz CT molecular complexity index is 1070. The van der Waals surface area contributed by atoms with Gasteiger partial charge in [-0.1, -0.05) is 0 Å². The first-order valence-corrected chi connectivity index (χ1v) is 9.86. The second-order valence-corrected chi connectivity index (χ2v) is 7.51. The maximum atomic E-state index is 14.0. The number of aromatic nitrogens is 5. The molecule has 2 fully saturated rings. The number of anilines is 2. The average Bonchev–Trinajstić information content (AvgIpc) is 3.29. The van der Waals surface area contributed by atoms with Crippen LogP contribution in [0, 0.1) is 11.7 Å². The predicted molar refractivity (Wildman–Crippen MR) is 108 cm³/mol. The van der Waals surface area contributed by atoms with Gasteiger partial charge in [-0.2, -0.15) is 15.0 Å². The molecule has 2 aromatic heterocycles. The van der Waals surface area contributed by atoms with Gasteiger partial charge in [-0.15, -0.1) is 0 Å². The number of piperidine rings is 1. The molecule has 0 spiro atoms. The number of nitrogens with one attached hydrogen (secondary N) is 1. The third-order valence-corrected chi connectivity index (χ3v) is 5.87. The Hall–Kier alpha value is -3.56. The summed E-state index contributed by atoms with van der Waals surface area (Å²) in [7, 11) is 1.82.